The highest BCUT2D eigenvalue weighted by Crippen LogP contribution is 2.38. The molecule has 5 rings (SSSR count). The Hall–Kier alpha value is -3.60. The van der Waals surface area contributed by atoms with Crippen molar-refractivity contribution in [2.45, 2.75) is 47.1 Å². The maximum Gasteiger partial charge on any atom is 0.291 e. The summed E-state index contributed by atoms with van der Waals surface area (Å²) in [5.74, 6) is 1.00. The molecule has 0 saturated heterocycles. The van der Waals surface area contributed by atoms with E-state index in [9.17, 15) is 4.79 Å². The number of furan rings is 1. The number of carbonyl (C=O) groups is 1. The monoisotopic (exact) mass is 425 g/mol. The fourth-order valence-corrected chi connectivity index (χ4v) is 4.39. The van der Waals surface area contributed by atoms with Gasteiger partial charge in [-0.2, -0.15) is 5.10 Å². The SMILES string of the molecule is Cc1ccc(Cn2cc3c(n2)-c2c(oc(C(=O)Nc4cc(C)ccc4C)c2C)CC3)cc1. The van der Waals surface area contributed by atoms with Crippen LogP contribution in [0.25, 0.3) is 11.3 Å². The van der Waals surface area contributed by atoms with Gasteiger partial charge in [0.15, 0.2) is 5.76 Å². The third-order valence-corrected chi connectivity index (χ3v) is 6.23. The highest BCUT2D eigenvalue weighted by molar-refractivity contribution is 6.05. The minimum absolute atomic E-state index is 0.216. The molecule has 2 aromatic carbocycles. The minimum atomic E-state index is -0.216. The van der Waals surface area contributed by atoms with E-state index >= 15 is 0 Å². The Balaban J connectivity index is 1.45. The first-order chi connectivity index (χ1) is 15.4. The van der Waals surface area contributed by atoms with E-state index < -0.39 is 0 Å². The first-order valence-electron chi connectivity index (χ1n) is 11.0. The molecule has 0 spiro atoms. The van der Waals surface area contributed by atoms with Crippen LogP contribution < -0.4 is 5.32 Å². The number of nitrogens with zero attached hydrogens (tertiary/aromatic N) is 2. The third-order valence-electron chi connectivity index (χ3n) is 6.23. The van der Waals surface area contributed by atoms with E-state index in [1.54, 1.807) is 0 Å². The van der Waals surface area contributed by atoms with Crippen LogP contribution in [0.5, 0.6) is 0 Å². The Morgan fingerprint density at radius 3 is 2.56 bits per heavy atom. The topological polar surface area (TPSA) is 60.1 Å². The van der Waals surface area contributed by atoms with E-state index in [4.69, 9.17) is 9.52 Å². The van der Waals surface area contributed by atoms with Gasteiger partial charge < -0.3 is 9.73 Å². The lowest BCUT2D eigenvalue weighted by Gasteiger charge is -2.09. The molecule has 5 nitrogen and oxygen atoms in total. The van der Waals surface area contributed by atoms with Crippen molar-refractivity contribution in [3.05, 3.63) is 93.6 Å². The Bertz CT molecular complexity index is 1330. The van der Waals surface area contributed by atoms with Gasteiger partial charge in [-0.3, -0.25) is 9.48 Å². The molecule has 2 aromatic heterocycles. The number of nitrogens with one attached hydrogen (secondary N) is 1. The highest BCUT2D eigenvalue weighted by Gasteiger charge is 2.30. The number of fused-ring (bicyclic) bond motifs is 3. The fraction of sp³-hybridized carbons (Fsp3) is 0.259. The number of carbonyl (C=O) groups excluding carboxylic acids is 1. The van der Waals surface area contributed by atoms with Gasteiger partial charge in [0, 0.05) is 29.4 Å². The van der Waals surface area contributed by atoms with Crippen LogP contribution in [-0.4, -0.2) is 15.7 Å². The lowest BCUT2D eigenvalue weighted by atomic mass is 9.93. The third kappa shape index (κ3) is 3.64. The molecule has 0 saturated carbocycles. The van der Waals surface area contributed by atoms with Crippen molar-refractivity contribution in [1.82, 2.24) is 9.78 Å². The lowest BCUT2D eigenvalue weighted by molar-refractivity contribution is 0.0994. The molecule has 1 aliphatic carbocycles. The quantitative estimate of drug-likeness (QED) is 0.451. The summed E-state index contributed by atoms with van der Waals surface area (Å²) in [7, 11) is 0. The normalized spacial score (nSPS) is 12.4. The Labute approximate surface area is 188 Å². The van der Waals surface area contributed by atoms with Crippen LogP contribution in [-0.2, 0) is 19.4 Å². The predicted molar refractivity (Wildman–Crippen MR) is 126 cm³/mol. The van der Waals surface area contributed by atoms with Crippen LogP contribution in [0.1, 0.15) is 49.7 Å². The van der Waals surface area contributed by atoms with Crippen LogP contribution >= 0.6 is 0 Å². The van der Waals surface area contributed by atoms with Gasteiger partial charge in [0.05, 0.1) is 12.2 Å². The van der Waals surface area contributed by atoms with E-state index in [2.05, 4.69) is 42.7 Å². The summed E-state index contributed by atoms with van der Waals surface area (Å²) >= 11 is 0. The Kier molecular flexibility index (Phi) is 4.97. The maximum atomic E-state index is 13.1. The average Bonchev–Trinajstić information content (AvgIpc) is 3.32. The Morgan fingerprint density at radius 2 is 1.78 bits per heavy atom. The molecule has 0 aliphatic heterocycles. The summed E-state index contributed by atoms with van der Waals surface area (Å²) in [6.45, 7) is 8.77. The molecule has 0 radical (unpaired) electrons. The van der Waals surface area contributed by atoms with Crippen LogP contribution in [0.3, 0.4) is 0 Å². The summed E-state index contributed by atoms with van der Waals surface area (Å²) in [5, 5.41) is 7.90. The molecule has 4 aromatic rings. The van der Waals surface area contributed by atoms with Crippen molar-refractivity contribution in [2.24, 2.45) is 0 Å². The molecule has 1 amide bonds. The number of aromatic nitrogens is 2. The summed E-state index contributed by atoms with van der Waals surface area (Å²) in [6, 6.07) is 14.6. The molecule has 162 valence electrons. The number of aryl methyl sites for hydroxylation is 5. The minimum Gasteiger partial charge on any atom is -0.455 e. The smallest absolute Gasteiger partial charge is 0.291 e. The molecule has 0 unspecified atom stereocenters. The van der Waals surface area contributed by atoms with Crippen LogP contribution in [0.4, 0.5) is 5.69 Å². The van der Waals surface area contributed by atoms with Crippen molar-refractivity contribution in [2.75, 3.05) is 5.32 Å². The van der Waals surface area contributed by atoms with Gasteiger partial charge in [-0.1, -0.05) is 42.0 Å². The standard InChI is InChI=1S/C27H27N3O2/c1-16-6-9-20(10-7-16)14-30-15-21-11-12-23-24(25(21)29-30)19(4)26(32-23)27(31)28-22-13-17(2)5-8-18(22)3/h5-10,13,15H,11-12,14H2,1-4H3,(H,28,31). The number of anilines is 1. The number of benzene rings is 2. The van der Waals surface area contributed by atoms with Crippen molar-refractivity contribution in [1.29, 1.82) is 0 Å². The van der Waals surface area contributed by atoms with Gasteiger partial charge in [0.1, 0.15) is 5.76 Å². The second-order valence-corrected chi connectivity index (χ2v) is 8.81. The molecular formula is C27H27N3O2. The zero-order valence-corrected chi connectivity index (χ0v) is 19.0. The van der Waals surface area contributed by atoms with Gasteiger partial charge >= 0.3 is 0 Å². The summed E-state index contributed by atoms with van der Waals surface area (Å²) in [4.78, 5) is 13.1. The van der Waals surface area contributed by atoms with E-state index in [0.29, 0.717) is 5.76 Å². The molecule has 2 heterocycles. The van der Waals surface area contributed by atoms with Gasteiger partial charge in [-0.15, -0.1) is 0 Å². The number of amides is 1. The second kappa shape index (κ2) is 7.83. The molecule has 1 aliphatic rings. The maximum absolute atomic E-state index is 13.1. The van der Waals surface area contributed by atoms with Gasteiger partial charge in [-0.25, -0.2) is 0 Å². The van der Waals surface area contributed by atoms with E-state index in [1.807, 2.05) is 43.7 Å². The molecule has 32 heavy (non-hydrogen) atoms. The summed E-state index contributed by atoms with van der Waals surface area (Å²) in [5.41, 5.74) is 9.36. The van der Waals surface area contributed by atoms with E-state index in [-0.39, 0.29) is 5.91 Å². The zero-order chi connectivity index (χ0) is 22.4. The zero-order valence-electron chi connectivity index (χ0n) is 19.0. The van der Waals surface area contributed by atoms with Gasteiger partial charge in [0.25, 0.3) is 5.91 Å². The molecule has 0 atom stereocenters. The van der Waals surface area contributed by atoms with Gasteiger partial charge in [-0.05, 0) is 62.4 Å². The first-order valence-corrected chi connectivity index (χ1v) is 11.0. The Morgan fingerprint density at radius 1 is 1.03 bits per heavy atom. The lowest BCUT2D eigenvalue weighted by Crippen LogP contribution is -2.13. The van der Waals surface area contributed by atoms with Crippen molar-refractivity contribution in [3.63, 3.8) is 0 Å². The summed E-state index contributed by atoms with van der Waals surface area (Å²) in [6.07, 6.45) is 3.76. The molecule has 5 heteroatoms. The first kappa shape index (κ1) is 20.3. The largest absolute Gasteiger partial charge is 0.455 e. The fourth-order valence-electron chi connectivity index (χ4n) is 4.39. The molecule has 0 bridgehead atoms. The second-order valence-electron chi connectivity index (χ2n) is 8.81. The van der Waals surface area contributed by atoms with Crippen LogP contribution in [0.2, 0.25) is 0 Å². The predicted octanol–water partition coefficient (Wildman–Crippen LogP) is 5.78. The van der Waals surface area contributed by atoms with E-state index in [1.165, 1.54) is 16.7 Å². The summed E-state index contributed by atoms with van der Waals surface area (Å²) < 4.78 is 8.07. The molecule has 1 N–H and O–H groups in total. The van der Waals surface area contributed by atoms with Crippen molar-refractivity contribution in [3.8, 4) is 11.3 Å². The molecular weight excluding hydrogens is 398 g/mol. The van der Waals surface area contributed by atoms with Gasteiger partial charge in [0.2, 0.25) is 0 Å². The number of hydrogen-bond acceptors (Lipinski definition) is 3. The van der Waals surface area contributed by atoms with Crippen molar-refractivity contribution < 1.29 is 9.21 Å². The van der Waals surface area contributed by atoms with Crippen LogP contribution in [0, 0.1) is 27.7 Å². The number of hydrogen-bond donors (Lipinski definition) is 1. The highest BCUT2D eigenvalue weighted by atomic mass is 16.4. The van der Waals surface area contributed by atoms with E-state index in [0.717, 1.165) is 58.8 Å². The average molecular weight is 426 g/mol. The number of rotatable bonds is 4. The van der Waals surface area contributed by atoms with Crippen molar-refractivity contribution >= 4 is 11.6 Å². The molecule has 0 fully saturated rings. The van der Waals surface area contributed by atoms with Crippen LogP contribution in [0.15, 0.2) is 53.1 Å².